The number of aliphatic hydroxyl groups excluding tert-OH is 1. The summed E-state index contributed by atoms with van der Waals surface area (Å²) in [6.45, 7) is 15.0. The average molecular weight is 892 g/mol. The van der Waals surface area contributed by atoms with Gasteiger partial charge in [0.05, 0.1) is 34.8 Å². The number of carbonyl (C=O) groups is 4. The average Bonchev–Trinajstić information content (AvgIpc) is 3.89. The molecule has 0 radical (unpaired) electrons. The molecule has 338 valence electrons. The highest BCUT2D eigenvalue weighted by molar-refractivity contribution is 6.31. The lowest BCUT2D eigenvalue weighted by Gasteiger charge is -2.63. The summed E-state index contributed by atoms with van der Waals surface area (Å²) in [5, 5.41) is 30.6. The van der Waals surface area contributed by atoms with Gasteiger partial charge in [-0.3, -0.25) is 19.2 Å². The molecule has 13 nitrogen and oxygen atoms in total. The lowest BCUT2D eigenvalue weighted by atomic mass is 9.49. The second-order valence-electron chi connectivity index (χ2n) is 19.2. The van der Waals surface area contributed by atoms with E-state index in [0.29, 0.717) is 46.4 Å². The molecule has 64 heavy (non-hydrogen) atoms. The molecule has 1 aromatic heterocycles. The molecule has 3 N–H and O–H groups in total. The van der Waals surface area contributed by atoms with Gasteiger partial charge in [-0.15, -0.1) is 0 Å². The zero-order chi connectivity index (χ0) is 46.1. The van der Waals surface area contributed by atoms with Crippen molar-refractivity contribution in [1.29, 1.82) is 5.26 Å². The van der Waals surface area contributed by atoms with Gasteiger partial charge >= 0.3 is 0 Å². The SMILES string of the molecule is Cc1cc([C@H](C(=O)N2C[C@H](O)C[C@H]2C(=O)N[C@@H](CC(=O)N2CCC(c3ccc(C(=O)NC4C(C)(C)C(Oc5ccc(C#N)c(Cl)c5)C4(C)C)cc3)CC2)c2ccccc2)C(C)C)on1. The molecule has 3 aliphatic rings. The fraction of sp³-hybridized carbons (Fsp3) is 0.480. The summed E-state index contributed by atoms with van der Waals surface area (Å²) in [5.41, 5.74) is 2.67. The summed E-state index contributed by atoms with van der Waals surface area (Å²) in [7, 11) is 0. The number of hydrogen-bond acceptors (Lipinski definition) is 9. The Bertz CT molecular complexity index is 2370. The summed E-state index contributed by atoms with van der Waals surface area (Å²) >= 11 is 6.26. The Labute approximate surface area is 380 Å². The number of halogens is 1. The first-order valence-corrected chi connectivity index (χ1v) is 22.6. The number of hydrogen-bond donors (Lipinski definition) is 3. The van der Waals surface area contributed by atoms with Gasteiger partial charge in [0.2, 0.25) is 17.7 Å². The van der Waals surface area contributed by atoms with Gasteiger partial charge in [-0.25, -0.2) is 0 Å². The van der Waals surface area contributed by atoms with E-state index >= 15 is 0 Å². The van der Waals surface area contributed by atoms with E-state index in [1.807, 2.05) is 73.3 Å². The molecule has 14 heteroatoms. The minimum absolute atomic E-state index is 0.0139. The van der Waals surface area contributed by atoms with Crippen molar-refractivity contribution in [2.75, 3.05) is 19.6 Å². The molecule has 1 saturated carbocycles. The molecule has 1 aliphatic carbocycles. The van der Waals surface area contributed by atoms with Crippen molar-refractivity contribution in [1.82, 2.24) is 25.6 Å². The van der Waals surface area contributed by atoms with Crippen molar-refractivity contribution in [3.05, 3.63) is 118 Å². The first-order chi connectivity index (χ1) is 30.4. The van der Waals surface area contributed by atoms with Crippen LogP contribution in [0.1, 0.15) is 124 Å². The minimum Gasteiger partial charge on any atom is -0.489 e. The third-order valence-electron chi connectivity index (χ3n) is 13.6. The van der Waals surface area contributed by atoms with E-state index in [0.717, 1.165) is 24.0 Å². The fourth-order valence-corrected chi connectivity index (χ4v) is 10.7. The molecule has 3 fully saturated rings. The van der Waals surface area contributed by atoms with Gasteiger partial charge < -0.3 is 34.8 Å². The van der Waals surface area contributed by atoms with Crippen LogP contribution in [0, 0.1) is 35.0 Å². The second-order valence-corrected chi connectivity index (χ2v) is 19.6. The predicted octanol–water partition coefficient (Wildman–Crippen LogP) is 7.48. The van der Waals surface area contributed by atoms with E-state index in [9.17, 15) is 29.5 Å². The number of nitrogens with zero attached hydrogens (tertiary/aromatic N) is 4. The first kappa shape index (κ1) is 46.3. The largest absolute Gasteiger partial charge is 0.489 e. The van der Waals surface area contributed by atoms with Gasteiger partial charge in [-0.2, -0.15) is 5.26 Å². The summed E-state index contributed by atoms with van der Waals surface area (Å²) in [6, 6.07) is 24.1. The topological polar surface area (TPSA) is 178 Å². The number of aliphatic hydroxyl groups is 1. The highest BCUT2D eigenvalue weighted by Crippen LogP contribution is 2.55. The number of aromatic nitrogens is 1. The fourth-order valence-electron chi connectivity index (χ4n) is 10.4. The Kier molecular flexibility index (Phi) is 13.6. The van der Waals surface area contributed by atoms with E-state index in [2.05, 4.69) is 49.6 Å². The van der Waals surface area contributed by atoms with E-state index < -0.39 is 40.8 Å². The number of rotatable bonds is 13. The molecular formula is C50H59ClN6O7. The Morgan fingerprint density at radius 1 is 0.984 bits per heavy atom. The number of nitriles is 1. The maximum Gasteiger partial charge on any atom is 0.251 e. The number of piperidine rings is 1. The number of carbonyl (C=O) groups excluding carboxylic acids is 4. The third kappa shape index (κ3) is 9.54. The van der Waals surface area contributed by atoms with Crippen molar-refractivity contribution in [2.24, 2.45) is 16.7 Å². The van der Waals surface area contributed by atoms with Crippen molar-refractivity contribution in [3.8, 4) is 11.8 Å². The number of ether oxygens (including phenoxy) is 1. The Balaban J connectivity index is 0.941. The standard InChI is InChI=1S/C50H59ClN6O7/c1-29(2)43(41-23-30(3)55-64-41)46(62)57-28-36(58)24-40(57)45(61)53-39(33-11-9-8-10-12-33)26-42(59)56-21-19-32(20-22-56)31-13-15-34(16-14-31)44(60)54-47-49(4,5)48(50(47,6)7)63-37-18-17-35(27-52)38(51)25-37/h8-18,23,25,29,32,36,39-40,43,47-48,58H,19-22,24,26,28H2,1-7H3,(H,53,61)(H,54,60)/t36-,39+,40+,43-,47?,48?/m1/s1. The summed E-state index contributed by atoms with van der Waals surface area (Å²) in [6.07, 6.45) is 0.512. The molecule has 4 aromatic rings. The second kappa shape index (κ2) is 18.8. The van der Waals surface area contributed by atoms with Gasteiger partial charge in [-0.05, 0) is 67.0 Å². The van der Waals surface area contributed by atoms with E-state index in [4.69, 9.17) is 20.9 Å². The highest BCUT2D eigenvalue weighted by atomic mass is 35.5. The van der Waals surface area contributed by atoms with Crippen molar-refractivity contribution in [3.63, 3.8) is 0 Å². The molecule has 2 saturated heterocycles. The highest BCUT2D eigenvalue weighted by Gasteiger charge is 2.64. The molecule has 0 unspecified atom stereocenters. The van der Waals surface area contributed by atoms with Crippen LogP contribution in [-0.4, -0.2) is 87.6 Å². The zero-order valence-corrected chi connectivity index (χ0v) is 38.4. The zero-order valence-electron chi connectivity index (χ0n) is 37.6. The van der Waals surface area contributed by atoms with Crippen LogP contribution in [0.3, 0.4) is 0 Å². The maximum atomic E-state index is 14.1. The number of aryl methyl sites for hydroxylation is 1. The van der Waals surface area contributed by atoms with Gasteiger partial charge in [0, 0.05) is 60.6 Å². The molecule has 7 rings (SSSR count). The van der Waals surface area contributed by atoms with Crippen molar-refractivity contribution in [2.45, 2.75) is 116 Å². The number of amides is 4. The molecule has 0 spiro atoms. The van der Waals surface area contributed by atoms with Crippen molar-refractivity contribution >= 4 is 35.2 Å². The molecule has 3 heterocycles. The number of benzene rings is 3. The monoisotopic (exact) mass is 890 g/mol. The van der Waals surface area contributed by atoms with E-state index in [-0.39, 0.29) is 61.1 Å². The van der Waals surface area contributed by atoms with Gasteiger partial charge in [0.15, 0.2) is 0 Å². The molecule has 4 atom stereocenters. The maximum absolute atomic E-state index is 14.1. The molecule has 3 aromatic carbocycles. The molecule has 0 bridgehead atoms. The van der Waals surface area contributed by atoms with Crippen LogP contribution in [0.15, 0.2) is 83.4 Å². The molecular weight excluding hydrogens is 832 g/mol. The van der Waals surface area contributed by atoms with Crippen LogP contribution >= 0.6 is 11.6 Å². The van der Waals surface area contributed by atoms with Crippen LogP contribution in [-0.2, 0) is 14.4 Å². The van der Waals surface area contributed by atoms with E-state index in [1.165, 1.54) is 4.90 Å². The Morgan fingerprint density at radius 2 is 1.66 bits per heavy atom. The lowest BCUT2D eigenvalue weighted by Crippen LogP contribution is -2.74. The minimum atomic E-state index is -0.923. The molecule has 2 aliphatic heterocycles. The normalized spacial score (nSPS) is 22.5. The van der Waals surface area contributed by atoms with E-state index in [1.54, 1.807) is 31.2 Å². The van der Waals surface area contributed by atoms with Gasteiger partial charge in [-0.1, -0.05) is 101 Å². The van der Waals surface area contributed by atoms with Crippen LogP contribution < -0.4 is 15.4 Å². The predicted molar refractivity (Wildman–Crippen MR) is 241 cm³/mol. The summed E-state index contributed by atoms with van der Waals surface area (Å²) in [5.74, 6) is -0.621. The van der Waals surface area contributed by atoms with Crippen LogP contribution in [0.2, 0.25) is 5.02 Å². The Morgan fingerprint density at radius 3 is 2.25 bits per heavy atom. The molecule has 4 amide bonds. The number of likely N-dealkylation sites (tertiary alicyclic amines) is 2. The Hall–Kier alpha value is -5.71. The first-order valence-electron chi connectivity index (χ1n) is 22.2. The van der Waals surface area contributed by atoms with Crippen LogP contribution in [0.25, 0.3) is 0 Å². The number of β-amino-alcohol motifs (C(OH)–C–C–N with tert-alkyl or cyclic N) is 1. The quantitative estimate of drug-likeness (QED) is 0.123. The third-order valence-corrected chi connectivity index (χ3v) is 13.9. The van der Waals surface area contributed by atoms with Crippen LogP contribution in [0.5, 0.6) is 5.75 Å². The van der Waals surface area contributed by atoms with Crippen LogP contribution in [0.4, 0.5) is 0 Å². The van der Waals surface area contributed by atoms with Gasteiger partial charge in [0.1, 0.15) is 35.6 Å². The number of nitrogens with one attached hydrogen (secondary N) is 2. The van der Waals surface area contributed by atoms with Crippen molar-refractivity contribution < 1.29 is 33.5 Å². The van der Waals surface area contributed by atoms with Gasteiger partial charge in [0.25, 0.3) is 5.91 Å². The lowest BCUT2D eigenvalue weighted by molar-refractivity contribution is -0.164. The summed E-state index contributed by atoms with van der Waals surface area (Å²) < 4.78 is 11.9. The smallest absolute Gasteiger partial charge is 0.251 e. The summed E-state index contributed by atoms with van der Waals surface area (Å²) in [4.78, 5) is 58.9.